The number of hydrogen-bond donors (Lipinski definition) is 2. The van der Waals surface area contributed by atoms with Gasteiger partial charge in [-0.05, 0) is 6.92 Å². The van der Waals surface area contributed by atoms with Crippen LogP contribution in [0.1, 0.15) is 26.8 Å². The highest BCUT2D eigenvalue weighted by Gasteiger charge is 2.11. The minimum Gasteiger partial charge on any atom is -0.373 e. The Morgan fingerprint density at radius 3 is 3.16 bits per heavy atom. The monoisotopic (exact) mass is 282 g/mol. The third kappa shape index (κ3) is 3.60. The molecule has 0 atom stereocenters. The van der Waals surface area contributed by atoms with E-state index in [9.17, 15) is 4.79 Å². The first-order chi connectivity index (χ1) is 9.20. The summed E-state index contributed by atoms with van der Waals surface area (Å²) in [5, 5.41) is 3.57. The van der Waals surface area contributed by atoms with Crippen LogP contribution in [0, 0.1) is 6.92 Å². The molecule has 102 valence electrons. The molecule has 8 heteroatoms. The number of amides is 1. The summed E-state index contributed by atoms with van der Waals surface area (Å²) >= 11 is 1.61. The Balaban J connectivity index is 1.75. The molecule has 0 bridgehead atoms. The minimum absolute atomic E-state index is 0.138. The molecular weight excluding hydrogens is 268 g/mol. The molecule has 19 heavy (non-hydrogen) atoms. The van der Waals surface area contributed by atoms with Crippen molar-refractivity contribution in [2.45, 2.75) is 20.0 Å². The second-order valence-corrected chi connectivity index (χ2v) is 4.75. The quantitative estimate of drug-likeness (QED) is 0.351. The Bertz CT molecular complexity index is 552. The molecule has 2 aromatic rings. The van der Waals surface area contributed by atoms with Gasteiger partial charge in [-0.3, -0.25) is 10.2 Å². The predicted molar refractivity (Wildman–Crippen MR) is 68.4 cm³/mol. The predicted octanol–water partition coefficient (Wildman–Crippen LogP) is 0.802. The van der Waals surface area contributed by atoms with E-state index in [1.807, 2.05) is 17.9 Å². The zero-order chi connectivity index (χ0) is 13.7. The summed E-state index contributed by atoms with van der Waals surface area (Å²) < 4.78 is 10.4. The average Bonchev–Trinajstić information content (AvgIpc) is 3.03. The maximum atomic E-state index is 11.1. The van der Waals surface area contributed by atoms with Crippen LogP contribution in [0.5, 0.6) is 0 Å². The van der Waals surface area contributed by atoms with Crippen molar-refractivity contribution in [3.63, 3.8) is 0 Å². The molecule has 2 aromatic heterocycles. The first-order valence-electron chi connectivity index (χ1n) is 5.64. The Kier molecular flexibility index (Phi) is 4.61. The highest BCUT2D eigenvalue weighted by Crippen LogP contribution is 2.13. The second-order valence-electron chi connectivity index (χ2n) is 3.82. The van der Waals surface area contributed by atoms with Gasteiger partial charge in [-0.2, -0.15) is 0 Å². The molecule has 0 spiro atoms. The van der Waals surface area contributed by atoms with Gasteiger partial charge in [0.2, 0.25) is 0 Å². The van der Waals surface area contributed by atoms with Gasteiger partial charge >= 0.3 is 0 Å². The number of hydrogen-bond acceptors (Lipinski definition) is 7. The van der Waals surface area contributed by atoms with Crippen LogP contribution in [-0.4, -0.2) is 22.7 Å². The van der Waals surface area contributed by atoms with E-state index >= 15 is 0 Å². The smallest absolute Gasteiger partial charge is 0.287 e. The van der Waals surface area contributed by atoms with E-state index in [4.69, 9.17) is 15.1 Å². The molecule has 0 saturated heterocycles. The normalized spacial score (nSPS) is 10.6. The molecule has 2 rings (SSSR count). The fraction of sp³-hybridized carbons (Fsp3) is 0.364. The number of nitrogens with zero attached hydrogens (tertiary/aromatic N) is 2. The highest BCUT2D eigenvalue weighted by atomic mass is 32.1. The number of thiazole rings is 1. The van der Waals surface area contributed by atoms with Crippen LogP contribution in [0.4, 0.5) is 0 Å². The maximum Gasteiger partial charge on any atom is 0.287 e. The van der Waals surface area contributed by atoms with Crippen molar-refractivity contribution < 1.29 is 14.1 Å². The third-order valence-electron chi connectivity index (χ3n) is 2.49. The molecule has 0 aromatic carbocycles. The lowest BCUT2D eigenvalue weighted by Gasteiger charge is -2.00. The molecule has 0 fully saturated rings. The largest absolute Gasteiger partial charge is 0.373 e. The first-order valence-corrected chi connectivity index (χ1v) is 6.52. The molecule has 0 aliphatic carbocycles. The third-order valence-corrected chi connectivity index (χ3v) is 3.48. The van der Waals surface area contributed by atoms with Gasteiger partial charge in [-0.1, -0.05) is 5.16 Å². The molecule has 7 nitrogen and oxygen atoms in total. The Hall–Kier alpha value is -1.77. The van der Waals surface area contributed by atoms with Crippen molar-refractivity contribution >= 4 is 17.2 Å². The summed E-state index contributed by atoms with van der Waals surface area (Å²) in [5.41, 5.74) is 4.97. The van der Waals surface area contributed by atoms with Crippen LogP contribution < -0.4 is 11.3 Å². The van der Waals surface area contributed by atoms with Crippen molar-refractivity contribution in [3.05, 3.63) is 33.6 Å². The van der Waals surface area contributed by atoms with Crippen molar-refractivity contribution in [3.8, 4) is 0 Å². The molecule has 3 N–H and O–H groups in total. The lowest BCUT2D eigenvalue weighted by molar-refractivity contribution is 0.0940. The van der Waals surface area contributed by atoms with E-state index in [1.54, 1.807) is 11.3 Å². The van der Waals surface area contributed by atoms with E-state index in [0.29, 0.717) is 12.4 Å². The number of nitrogens with two attached hydrogens (primary N) is 1. The molecule has 2 heterocycles. The van der Waals surface area contributed by atoms with Crippen LogP contribution >= 0.6 is 11.3 Å². The van der Waals surface area contributed by atoms with Crippen LogP contribution in [0.15, 0.2) is 16.1 Å². The first kappa shape index (κ1) is 13.7. The second kappa shape index (κ2) is 6.41. The number of hydrazine groups is 1. The lowest BCUT2D eigenvalue weighted by Crippen LogP contribution is -2.30. The van der Waals surface area contributed by atoms with Gasteiger partial charge in [0.15, 0.2) is 11.5 Å². The topological polar surface area (TPSA) is 103 Å². The Morgan fingerprint density at radius 2 is 2.47 bits per heavy atom. The Morgan fingerprint density at radius 1 is 1.63 bits per heavy atom. The van der Waals surface area contributed by atoms with Crippen molar-refractivity contribution in [2.24, 2.45) is 5.84 Å². The van der Waals surface area contributed by atoms with Gasteiger partial charge in [0, 0.05) is 17.4 Å². The minimum atomic E-state index is -0.490. The summed E-state index contributed by atoms with van der Waals surface area (Å²) in [6.07, 6.45) is 0.806. The van der Waals surface area contributed by atoms with Crippen LogP contribution in [0.25, 0.3) is 0 Å². The zero-order valence-corrected chi connectivity index (χ0v) is 11.2. The fourth-order valence-corrected chi connectivity index (χ4v) is 2.23. The SMILES string of the molecule is Cc1ncsc1CCOCc1cc(C(=O)NN)no1. The molecule has 1 amide bonds. The summed E-state index contributed by atoms with van der Waals surface area (Å²) in [7, 11) is 0. The van der Waals surface area contributed by atoms with Crippen LogP contribution in [-0.2, 0) is 17.8 Å². The van der Waals surface area contributed by atoms with E-state index < -0.39 is 5.91 Å². The molecule has 0 saturated carbocycles. The molecule has 0 aliphatic rings. The number of nitrogen functional groups attached to an aromatic ring is 1. The van der Waals surface area contributed by atoms with Crippen LogP contribution in [0.3, 0.4) is 0 Å². The number of aromatic nitrogens is 2. The van der Waals surface area contributed by atoms with Gasteiger partial charge < -0.3 is 9.26 Å². The van der Waals surface area contributed by atoms with Crippen molar-refractivity contribution in [1.29, 1.82) is 0 Å². The van der Waals surface area contributed by atoms with Gasteiger partial charge in [-0.15, -0.1) is 11.3 Å². The summed E-state index contributed by atoms with van der Waals surface area (Å²) in [4.78, 5) is 16.5. The number of aryl methyl sites for hydroxylation is 1. The number of rotatable bonds is 6. The van der Waals surface area contributed by atoms with Crippen LogP contribution in [0.2, 0.25) is 0 Å². The highest BCUT2D eigenvalue weighted by molar-refractivity contribution is 7.09. The molecule has 0 aliphatic heterocycles. The number of carbonyl (C=O) groups excluding carboxylic acids is 1. The number of carbonyl (C=O) groups is 1. The average molecular weight is 282 g/mol. The molecular formula is C11H14N4O3S. The summed E-state index contributed by atoms with van der Waals surface area (Å²) in [5.74, 6) is 4.98. The van der Waals surface area contributed by atoms with E-state index in [-0.39, 0.29) is 12.3 Å². The van der Waals surface area contributed by atoms with E-state index in [0.717, 1.165) is 12.1 Å². The summed E-state index contributed by atoms with van der Waals surface area (Å²) in [6, 6.07) is 1.50. The van der Waals surface area contributed by atoms with Crippen molar-refractivity contribution in [1.82, 2.24) is 15.6 Å². The lowest BCUT2D eigenvalue weighted by atomic mass is 10.3. The fourth-order valence-electron chi connectivity index (χ4n) is 1.47. The summed E-state index contributed by atoms with van der Waals surface area (Å²) in [6.45, 7) is 2.80. The van der Waals surface area contributed by atoms with Gasteiger partial charge in [0.25, 0.3) is 5.91 Å². The van der Waals surface area contributed by atoms with Gasteiger partial charge in [-0.25, -0.2) is 10.8 Å². The number of ether oxygens (including phenoxy) is 1. The zero-order valence-electron chi connectivity index (χ0n) is 10.4. The standard InChI is InChI=1S/C11H14N4O3S/c1-7-10(19-6-13-7)2-3-17-5-8-4-9(15-18-8)11(16)14-12/h4,6H,2-3,5,12H2,1H3,(H,14,16). The van der Waals surface area contributed by atoms with E-state index in [1.165, 1.54) is 10.9 Å². The van der Waals surface area contributed by atoms with Gasteiger partial charge in [0.05, 0.1) is 17.8 Å². The Labute approximate surface area is 113 Å². The van der Waals surface area contributed by atoms with E-state index in [2.05, 4.69) is 10.1 Å². The molecule has 0 radical (unpaired) electrons. The van der Waals surface area contributed by atoms with Gasteiger partial charge in [0.1, 0.15) is 6.61 Å². The van der Waals surface area contributed by atoms with Crippen molar-refractivity contribution in [2.75, 3.05) is 6.61 Å². The number of nitrogens with one attached hydrogen (secondary N) is 1. The maximum absolute atomic E-state index is 11.1. The molecule has 0 unspecified atom stereocenters.